The van der Waals surface area contributed by atoms with Crippen molar-refractivity contribution in [2.45, 2.75) is 0 Å². The van der Waals surface area contributed by atoms with Crippen molar-refractivity contribution in [1.82, 2.24) is 9.97 Å². The summed E-state index contributed by atoms with van der Waals surface area (Å²) in [6.45, 7) is 0. The van der Waals surface area contributed by atoms with Gasteiger partial charge in [-0.2, -0.15) is 0 Å². The first-order valence-corrected chi connectivity index (χ1v) is 7.62. The number of ether oxygens (including phenoxy) is 2. The van der Waals surface area contributed by atoms with E-state index in [4.69, 9.17) is 9.47 Å². The van der Waals surface area contributed by atoms with Gasteiger partial charge in [-0.25, -0.2) is 4.98 Å². The van der Waals surface area contributed by atoms with Crippen molar-refractivity contribution < 1.29 is 14.3 Å². The highest BCUT2D eigenvalue weighted by molar-refractivity contribution is 6.02. The third-order valence-corrected chi connectivity index (χ3v) is 3.54. The predicted molar refractivity (Wildman–Crippen MR) is 96.7 cm³/mol. The number of anilines is 1. The largest absolute Gasteiger partial charge is 0.497 e. The van der Waals surface area contributed by atoms with Crippen molar-refractivity contribution >= 4 is 28.7 Å². The Balaban J connectivity index is 1.76. The van der Waals surface area contributed by atoms with Crippen LogP contribution in [0.3, 0.4) is 0 Å². The molecule has 1 heterocycles. The molecule has 0 atom stereocenters. The molecule has 0 bridgehead atoms. The summed E-state index contributed by atoms with van der Waals surface area (Å²) >= 11 is 0. The van der Waals surface area contributed by atoms with E-state index in [0.29, 0.717) is 22.9 Å². The summed E-state index contributed by atoms with van der Waals surface area (Å²) in [7, 11) is 3.10. The molecule has 0 aliphatic carbocycles. The predicted octanol–water partition coefficient (Wildman–Crippen LogP) is 3.30. The Kier molecular flexibility index (Phi) is 4.89. The summed E-state index contributed by atoms with van der Waals surface area (Å²) in [5.41, 5.74) is 2.72. The van der Waals surface area contributed by atoms with Gasteiger partial charge in [0, 0.05) is 12.1 Å². The zero-order valence-corrected chi connectivity index (χ0v) is 13.9. The van der Waals surface area contributed by atoms with Gasteiger partial charge in [0.25, 0.3) is 0 Å². The molecule has 0 aliphatic heterocycles. The molecular weight excluding hydrogens is 318 g/mol. The van der Waals surface area contributed by atoms with Crippen molar-refractivity contribution in [2.75, 3.05) is 19.5 Å². The van der Waals surface area contributed by atoms with E-state index in [1.807, 2.05) is 24.3 Å². The second-order valence-corrected chi connectivity index (χ2v) is 5.17. The topological polar surface area (TPSA) is 73.3 Å². The summed E-state index contributed by atoms with van der Waals surface area (Å²) in [5, 5.41) is 2.76. The minimum Gasteiger partial charge on any atom is -0.497 e. The Morgan fingerprint density at radius 2 is 1.88 bits per heavy atom. The molecule has 0 saturated heterocycles. The highest BCUT2D eigenvalue weighted by Crippen LogP contribution is 2.28. The minimum atomic E-state index is -0.304. The Morgan fingerprint density at radius 1 is 1.08 bits per heavy atom. The molecule has 0 aliphatic rings. The van der Waals surface area contributed by atoms with Gasteiger partial charge >= 0.3 is 0 Å². The summed E-state index contributed by atoms with van der Waals surface area (Å²) in [6, 6.07) is 12.7. The van der Waals surface area contributed by atoms with Crippen molar-refractivity contribution in [1.29, 1.82) is 0 Å². The molecule has 1 N–H and O–H groups in total. The molecule has 1 aromatic heterocycles. The van der Waals surface area contributed by atoms with Crippen LogP contribution in [-0.4, -0.2) is 30.1 Å². The maximum absolute atomic E-state index is 12.2. The van der Waals surface area contributed by atoms with Crippen LogP contribution in [0.5, 0.6) is 11.5 Å². The fourth-order valence-electron chi connectivity index (χ4n) is 2.30. The van der Waals surface area contributed by atoms with Gasteiger partial charge in [0.15, 0.2) is 0 Å². The van der Waals surface area contributed by atoms with Gasteiger partial charge < -0.3 is 14.8 Å². The van der Waals surface area contributed by atoms with Crippen LogP contribution in [0.1, 0.15) is 5.69 Å². The number of amides is 1. The van der Waals surface area contributed by atoms with Crippen LogP contribution < -0.4 is 14.8 Å². The number of carbonyl (C=O) groups excluding carboxylic acids is 1. The van der Waals surface area contributed by atoms with Crippen LogP contribution in [-0.2, 0) is 4.79 Å². The lowest BCUT2D eigenvalue weighted by Crippen LogP contribution is -2.09. The van der Waals surface area contributed by atoms with E-state index < -0.39 is 0 Å². The third-order valence-electron chi connectivity index (χ3n) is 3.54. The zero-order chi connectivity index (χ0) is 17.6. The van der Waals surface area contributed by atoms with E-state index in [-0.39, 0.29) is 5.91 Å². The van der Waals surface area contributed by atoms with Gasteiger partial charge in [0.05, 0.1) is 42.8 Å². The molecular formula is C19H17N3O3. The molecule has 6 nitrogen and oxygen atoms in total. The number of hydrogen-bond donors (Lipinski definition) is 1. The van der Waals surface area contributed by atoms with Gasteiger partial charge in [-0.15, -0.1) is 0 Å². The standard InChI is InChI=1S/C19H17N3O3/c1-24-14-8-9-18(25-2)17(11-14)22-19(23)10-7-13-12-20-15-5-3-4-6-16(15)21-13/h3-12H,1-2H3,(H,22,23)/b10-7+. The van der Waals surface area contributed by atoms with Crippen LogP contribution >= 0.6 is 0 Å². The smallest absolute Gasteiger partial charge is 0.248 e. The number of aromatic nitrogens is 2. The van der Waals surface area contributed by atoms with E-state index in [2.05, 4.69) is 15.3 Å². The highest BCUT2D eigenvalue weighted by atomic mass is 16.5. The van der Waals surface area contributed by atoms with Gasteiger partial charge in [-0.1, -0.05) is 12.1 Å². The molecule has 0 radical (unpaired) electrons. The molecule has 2 aromatic carbocycles. The monoisotopic (exact) mass is 335 g/mol. The molecule has 0 fully saturated rings. The van der Waals surface area contributed by atoms with E-state index in [0.717, 1.165) is 11.0 Å². The highest BCUT2D eigenvalue weighted by Gasteiger charge is 2.07. The Morgan fingerprint density at radius 3 is 2.64 bits per heavy atom. The summed E-state index contributed by atoms with van der Waals surface area (Å²) in [4.78, 5) is 20.9. The van der Waals surface area contributed by atoms with Gasteiger partial charge in [0.2, 0.25) is 5.91 Å². The van der Waals surface area contributed by atoms with Crippen molar-refractivity contribution in [3.05, 3.63) is 60.4 Å². The summed E-state index contributed by atoms with van der Waals surface area (Å²) < 4.78 is 10.4. The van der Waals surface area contributed by atoms with E-state index in [1.165, 1.54) is 13.2 Å². The van der Waals surface area contributed by atoms with E-state index >= 15 is 0 Å². The second kappa shape index (κ2) is 7.44. The molecule has 3 aromatic rings. The fourth-order valence-corrected chi connectivity index (χ4v) is 2.30. The number of nitrogens with zero attached hydrogens (tertiary/aromatic N) is 2. The Labute approximate surface area is 145 Å². The number of rotatable bonds is 5. The van der Waals surface area contributed by atoms with Crippen LogP contribution in [0, 0.1) is 0 Å². The molecule has 0 spiro atoms. The normalized spacial score (nSPS) is 10.8. The molecule has 1 amide bonds. The van der Waals surface area contributed by atoms with Crippen molar-refractivity contribution in [3.63, 3.8) is 0 Å². The van der Waals surface area contributed by atoms with Crippen molar-refractivity contribution in [2.24, 2.45) is 0 Å². The lowest BCUT2D eigenvalue weighted by atomic mass is 10.2. The average Bonchev–Trinajstić information content (AvgIpc) is 2.66. The van der Waals surface area contributed by atoms with Crippen molar-refractivity contribution in [3.8, 4) is 11.5 Å². The van der Waals surface area contributed by atoms with Gasteiger partial charge in [-0.3, -0.25) is 9.78 Å². The lowest BCUT2D eigenvalue weighted by Gasteiger charge is -2.10. The first kappa shape index (κ1) is 16.4. The van der Waals surface area contributed by atoms with Gasteiger partial charge in [0.1, 0.15) is 11.5 Å². The SMILES string of the molecule is COc1ccc(OC)c(NC(=O)/C=C/c2cnc3ccccc3n2)c1. The minimum absolute atomic E-state index is 0.304. The number of benzene rings is 2. The number of nitrogens with one attached hydrogen (secondary N) is 1. The molecule has 0 unspecified atom stereocenters. The average molecular weight is 335 g/mol. The number of carbonyl (C=O) groups is 1. The van der Waals surface area contributed by atoms with E-state index in [1.54, 1.807) is 37.6 Å². The lowest BCUT2D eigenvalue weighted by molar-refractivity contribution is -0.111. The molecule has 3 rings (SSSR count). The molecule has 126 valence electrons. The summed E-state index contributed by atoms with van der Waals surface area (Å²) in [5.74, 6) is 0.870. The molecule has 6 heteroatoms. The number of methoxy groups -OCH3 is 2. The molecule has 0 saturated carbocycles. The molecule has 25 heavy (non-hydrogen) atoms. The Hall–Kier alpha value is -3.41. The number of hydrogen-bond acceptors (Lipinski definition) is 5. The van der Waals surface area contributed by atoms with Crippen LogP contribution in [0.25, 0.3) is 17.1 Å². The number of fused-ring (bicyclic) bond motifs is 1. The Bertz CT molecular complexity index is 938. The van der Waals surface area contributed by atoms with Gasteiger partial charge in [-0.05, 0) is 30.3 Å². The second-order valence-electron chi connectivity index (χ2n) is 5.17. The number of para-hydroxylation sites is 2. The van der Waals surface area contributed by atoms with E-state index in [9.17, 15) is 4.79 Å². The van der Waals surface area contributed by atoms with Crippen LogP contribution in [0.2, 0.25) is 0 Å². The first-order chi connectivity index (χ1) is 12.2. The maximum atomic E-state index is 12.2. The summed E-state index contributed by atoms with van der Waals surface area (Å²) in [6.07, 6.45) is 4.64. The fraction of sp³-hybridized carbons (Fsp3) is 0.105. The quantitative estimate of drug-likeness (QED) is 0.724. The first-order valence-electron chi connectivity index (χ1n) is 7.62. The zero-order valence-electron chi connectivity index (χ0n) is 13.9. The maximum Gasteiger partial charge on any atom is 0.248 e. The van der Waals surface area contributed by atoms with Crippen LogP contribution in [0.4, 0.5) is 5.69 Å². The third kappa shape index (κ3) is 3.92. The van der Waals surface area contributed by atoms with Crippen LogP contribution in [0.15, 0.2) is 54.7 Å².